The van der Waals surface area contributed by atoms with Crippen LogP contribution in [0, 0.1) is 0 Å². The number of alkyl halides is 6. The van der Waals surface area contributed by atoms with Gasteiger partial charge in [-0.2, -0.15) is 26.3 Å². The predicted octanol–water partition coefficient (Wildman–Crippen LogP) is 5.35. The molecule has 1 heterocycles. The van der Waals surface area contributed by atoms with E-state index in [1.807, 2.05) is 0 Å². The number of hydrogen-bond donors (Lipinski definition) is 1. The van der Waals surface area contributed by atoms with Gasteiger partial charge in [0.25, 0.3) is 11.5 Å². The number of aliphatic hydroxyl groups is 1. The zero-order valence-corrected chi connectivity index (χ0v) is 20.9. The van der Waals surface area contributed by atoms with Gasteiger partial charge in [-0.05, 0) is 56.4 Å². The molecule has 1 aliphatic rings. The van der Waals surface area contributed by atoms with Gasteiger partial charge in [-0.3, -0.25) is 9.69 Å². The van der Waals surface area contributed by atoms with Crippen molar-refractivity contribution < 1.29 is 45.8 Å². The minimum Gasteiger partial charge on any atom is -0.493 e. The number of benzene rings is 1. The summed E-state index contributed by atoms with van der Waals surface area (Å²) in [5.41, 5.74) is -7.11. The second-order valence-electron chi connectivity index (χ2n) is 9.39. The zero-order valence-electron chi connectivity index (χ0n) is 20.9. The number of halogens is 6. The molecule has 0 atom stereocenters. The Morgan fingerprint density at radius 2 is 1.42 bits per heavy atom. The molecule has 0 unspecified atom stereocenters. The van der Waals surface area contributed by atoms with Crippen molar-refractivity contribution in [3.8, 4) is 5.75 Å². The quantitative estimate of drug-likeness (QED) is 0.254. The Morgan fingerprint density at radius 1 is 0.944 bits per heavy atom. The second kappa shape index (κ2) is 10.5. The first-order valence-corrected chi connectivity index (χ1v) is 11.7. The minimum absolute atomic E-state index is 0.0310. The first kappa shape index (κ1) is 29.7. The van der Waals surface area contributed by atoms with Crippen LogP contribution in [-0.2, 0) is 23.2 Å². The van der Waals surface area contributed by atoms with Crippen molar-refractivity contribution in [3.63, 3.8) is 0 Å². The number of urea groups is 1. The second-order valence-corrected chi connectivity index (χ2v) is 9.39. The molecule has 204 valence electrons. The Morgan fingerprint density at radius 3 is 1.78 bits per heavy atom. The smallest absolute Gasteiger partial charge is 0.430 e. The van der Waals surface area contributed by atoms with Crippen molar-refractivity contribution in [2.24, 2.45) is 0 Å². The number of rotatable bonds is 10. The van der Waals surface area contributed by atoms with Crippen molar-refractivity contribution in [2.45, 2.75) is 83.3 Å². The number of carbonyl (C=O) groups is 2. The van der Waals surface area contributed by atoms with Crippen LogP contribution in [0.1, 0.15) is 63.6 Å². The van der Waals surface area contributed by atoms with Crippen molar-refractivity contribution in [2.75, 3.05) is 20.2 Å². The molecule has 12 heteroatoms. The molecule has 0 saturated carbocycles. The van der Waals surface area contributed by atoms with Gasteiger partial charge in [0.15, 0.2) is 0 Å². The van der Waals surface area contributed by atoms with E-state index in [0.717, 1.165) is 4.90 Å². The molecule has 0 aromatic heterocycles. The van der Waals surface area contributed by atoms with Gasteiger partial charge in [0.1, 0.15) is 11.3 Å². The molecular formula is C24H32F6N2O4. The van der Waals surface area contributed by atoms with E-state index in [9.17, 15) is 41.0 Å². The van der Waals surface area contributed by atoms with Crippen LogP contribution in [0.5, 0.6) is 5.75 Å². The van der Waals surface area contributed by atoms with Gasteiger partial charge in [-0.1, -0.05) is 26.7 Å². The number of carbonyl (C=O) groups excluding carboxylic acids is 2. The Hall–Kier alpha value is -2.50. The van der Waals surface area contributed by atoms with Crippen molar-refractivity contribution in [1.29, 1.82) is 0 Å². The molecule has 1 N–H and O–H groups in total. The molecule has 1 fully saturated rings. The molecule has 1 aliphatic heterocycles. The summed E-state index contributed by atoms with van der Waals surface area (Å²) in [6.07, 6.45) is -10.7. The lowest BCUT2D eigenvalue weighted by Gasteiger charge is -2.33. The summed E-state index contributed by atoms with van der Waals surface area (Å²) in [4.78, 5) is 27.2. The third-order valence-corrected chi connectivity index (χ3v) is 6.42. The minimum atomic E-state index is -5.99. The lowest BCUT2D eigenvalue weighted by atomic mass is 9.87. The first-order chi connectivity index (χ1) is 16.4. The normalized spacial score (nSPS) is 16.8. The van der Waals surface area contributed by atoms with Crippen LogP contribution in [0.25, 0.3) is 0 Å². The summed E-state index contributed by atoms with van der Waals surface area (Å²) in [5, 5.41) is 9.92. The number of aryl methyl sites for hydroxylation is 2. The summed E-state index contributed by atoms with van der Waals surface area (Å²) >= 11 is 0. The highest BCUT2D eigenvalue weighted by Crippen LogP contribution is 2.51. The van der Waals surface area contributed by atoms with E-state index in [4.69, 9.17) is 4.74 Å². The largest absolute Gasteiger partial charge is 0.493 e. The fraction of sp³-hybridized carbons (Fsp3) is 0.667. The zero-order chi connectivity index (χ0) is 27.7. The van der Waals surface area contributed by atoms with Crippen LogP contribution < -0.4 is 4.74 Å². The highest BCUT2D eigenvalue weighted by atomic mass is 19.4. The first-order valence-electron chi connectivity index (χ1n) is 11.7. The fourth-order valence-corrected chi connectivity index (χ4v) is 4.12. The van der Waals surface area contributed by atoms with Gasteiger partial charge in [-0.25, -0.2) is 4.79 Å². The van der Waals surface area contributed by atoms with Crippen molar-refractivity contribution >= 4 is 11.9 Å². The molecule has 0 spiro atoms. The van der Waals surface area contributed by atoms with Crippen LogP contribution in [0.4, 0.5) is 31.1 Å². The Balaban J connectivity index is 2.36. The molecule has 0 bridgehead atoms. The average Bonchev–Trinajstić information content (AvgIpc) is 2.90. The highest BCUT2D eigenvalue weighted by molar-refractivity contribution is 6.06. The molecule has 1 aromatic carbocycles. The lowest BCUT2D eigenvalue weighted by Crippen LogP contribution is -2.54. The van der Waals surface area contributed by atoms with Crippen LogP contribution >= 0.6 is 0 Å². The average molecular weight is 527 g/mol. The number of amides is 3. The summed E-state index contributed by atoms with van der Waals surface area (Å²) in [6, 6.07) is 0.930. The van der Waals surface area contributed by atoms with E-state index < -0.39 is 35.1 Å². The van der Waals surface area contributed by atoms with Gasteiger partial charge in [-0.15, -0.1) is 0 Å². The fourth-order valence-electron chi connectivity index (χ4n) is 4.12. The van der Waals surface area contributed by atoms with Crippen molar-refractivity contribution in [3.05, 3.63) is 28.8 Å². The standard InChI is InChI=1S/C24H32F6N2O4/c1-6-9-15-13-17(22(35,23(25,26)27)24(28,29)30)14-16(10-7-2)18(15)36-12-8-11-32-19(33)21(3,4)31(5)20(32)34/h13-14,35H,6-12H2,1-5H3. The van der Waals surface area contributed by atoms with Gasteiger partial charge >= 0.3 is 18.4 Å². The SMILES string of the molecule is CCCc1cc(C(O)(C(F)(F)F)C(F)(F)F)cc(CCC)c1OCCCN1C(=O)N(C)C(C)(C)C1=O. The maximum absolute atomic E-state index is 13.5. The van der Waals surface area contributed by atoms with Crippen LogP contribution in [-0.4, -0.2) is 64.9 Å². The molecule has 3 amide bonds. The monoisotopic (exact) mass is 526 g/mol. The lowest BCUT2D eigenvalue weighted by molar-refractivity contribution is -0.376. The highest BCUT2D eigenvalue weighted by Gasteiger charge is 2.71. The number of nitrogens with zero attached hydrogens (tertiary/aromatic N) is 2. The topological polar surface area (TPSA) is 70.1 Å². The van der Waals surface area contributed by atoms with E-state index in [2.05, 4.69) is 0 Å². The molecule has 2 rings (SSSR count). The van der Waals surface area contributed by atoms with Gasteiger partial charge in [0.2, 0.25) is 0 Å². The van der Waals surface area contributed by atoms with E-state index in [1.54, 1.807) is 27.7 Å². The molecule has 36 heavy (non-hydrogen) atoms. The number of likely N-dealkylation sites (N-methyl/N-ethyl adjacent to an activating group) is 1. The van der Waals surface area contributed by atoms with E-state index in [1.165, 1.54) is 11.9 Å². The van der Waals surface area contributed by atoms with Crippen LogP contribution in [0.2, 0.25) is 0 Å². The molecule has 6 nitrogen and oxygen atoms in total. The Kier molecular flexibility index (Phi) is 8.65. The summed E-state index contributed by atoms with van der Waals surface area (Å²) in [5.74, 6) is -0.220. The maximum atomic E-state index is 13.5. The van der Waals surface area contributed by atoms with Gasteiger partial charge < -0.3 is 14.7 Å². The van der Waals surface area contributed by atoms with E-state index in [0.29, 0.717) is 25.0 Å². The molecule has 1 aromatic rings. The number of hydrogen-bond acceptors (Lipinski definition) is 4. The summed E-state index contributed by atoms with van der Waals surface area (Å²) < 4.78 is 86.8. The third-order valence-electron chi connectivity index (χ3n) is 6.42. The van der Waals surface area contributed by atoms with E-state index >= 15 is 0 Å². The molecular weight excluding hydrogens is 494 g/mol. The molecule has 1 saturated heterocycles. The molecule has 0 aliphatic carbocycles. The third kappa shape index (κ3) is 5.28. The predicted molar refractivity (Wildman–Crippen MR) is 120 cm³/mol. The molecule has 0 radical (unpaired) electrons. The number of ether oxygens (including phenoxy) is 1. The van der Waals surface area contributed by atoms with Crippen molar-refractivity contribution in [1.82, 2.24) is 9.80 Å². The maximum Gasteiger partial charge on any atom is 0.430 e. The van der Waals surface area contributed by atoms with Crippen LogP contribution in [0.3, 0.4) is 0 Å². The number of imide groups is 1. The van der Waals surface area contributed by atoms with Crippen LogP contribution in [0.15, 0.2) is 12.1 Å². The van der Waals surface area contributed by atoms with E-state index in [-0.39, 0.29) is 55.2 Å². The Bertz CT molecular complexity index is 933. The summed E-state index contributed by atoms with van der Waals surface area (Å²) in [7, 11) is 1.51. The Labute approximate surface area is 206 Å². The summed E-state index contributed by atoms with van der Waals surface area (Å²) in [6.45, 7) is 6.65. The van der Waals surface area contributed by atoms with Gasteiger partial charge in [0, 0.05) is 19.2 Å². The van der Waals surface area contributed by atoms with Gasteiger partial charge in [0.05, 0.1) is 6.61 Å².